The second kappa shape index (κ2) is 9.33. The molecule has 136 valence electrons. The van der Waals surface area contributed by atoms with E-state index in [-0.39, 0.29) is 4.48 Å². The highest BCUT2D eigenvalue weighted by Gasteiger charge is 2.59. The molecular formula is C14H28NO7Si-. The van der Waals surface area contributed by atoms with Crippen molar-refractivity contribution in [3.8, 4) is 0 Å². The van der Waals surface area contributed by atoms with E-state index in [1.54, 1.807) is 13.8 Å². The van der Waals surface area contributed by atoms with Gasteiger partial charge >= 0.3 is 8.80 Å². The van der Waals surface area contributed by atoms with Gasteiger partial charge in [-0.2, -0.15) is 0 Å². The third kappa shape index (κ3) is 4.30. The Morgan fingerprint density at radius 3 is 1.65 bits per heavy atom. The summed E-state index contributed by atoms with van der Waals surface area (Å²) in [5.74, 6) is -2.86. The number of carbonyl (C=O) groups excluding carboxylic acids is 2. The van der Waals surface area contributed by atoms with Crippen LogP contribution in [0.4, 0.5) is 0 Å². The van der Waals surface area contributed by atoms with Crippen molar-refractivity contribution in [2.45, 2.75) is 45.3 Å². The summed E-state index contributed by atoms with van der Waals surface area (Å²) in [5.41, 5.74) is -0.445. The van der Waals surface area contributed by atoms with Gasteiger partial charge in [0.05, 0.1) is 19.1 Å². The van der Waals surface area contributed by atoms with Crippen molar-refractivity contribution >= 4 is 20.7 Å². The first-order valence-electron chi connectivity index (χ1n) is 7.67. The van der Waals surface area contributed by atoms with Crippen LogP contribution in [0.2, 0.25) is 0 Å². The highest BCUT2D eigenvalue weighted by molar-refractivity contribution is 6.62. The number of rotatable bonds is 12. The van der Waals surface area contributed by atoms with E-state index in [0.717, 1.165) is 0 Å². The van der Waals surface area contributed by atoms with Crippen molar-refractivity contribution in [1.29, 1.82) is 0 Å². The molecule has 0 spiro atoms. The van der Waals surface area contributed by atoms with Gasteiger partial charge < -0.3 is 37.6 Å². The monoisotopic (exact) mass is 350 g/mol. The summed E-state index contributed by atoms with van der Waals surface area (Å²) in [6, 6.07) is -1.27. The molecule has 0 aliphatic carbocycles. The number of carboxylic acids is 2. The molecule has 0 aliphatic heterocycles. The molecule has 0 fully saturated rings. The zero-order valence-corrected chi connectivity index (χ0v) is 15.8. The Hall–Kier alpha value is -1.00. The fourth-order valence-electron chi connectivity index (χ4n) is 3.54. The van der Waals surface area contributed by atoms with Gasteiger partial charge in [0.2, 0.25) is 0 Å². The normalized spacial score (nSPS) is 15.2. The van der Waals surface area contributed by atoms with Crippen LogP contribution in [0.3, 0.4) is 0 Å². The summed E-state index contributed by atoms with van der Waals surface area (Å²) < 4.78 is 16.5. The van der Waals surface area contributed by atoms with Gasteiger partial charge in [0.25, 0.3) is 0 Å². The summed E-state index contributed by atoms with van der Waals surface area (Å²) in [6.07, 6.45) is -0.137. The third-order valence-electron chi connectivity index (χ3n) is 4.70. The Balaban J connectivity index is 6.22. The van der Waals surface area contributed by atoms with Gasteiger partial charge in [0.15, 0.2) is 5.67 Å². The first-order valence-corrected chi connectivity index (χ1v) is 9.47. The molecule has 0 aromatic heterocycles. The van der Waals surface area contributed by atoms with E-state index in [1.165, 1.54) is 21.3 Å². The van der Waals surface area contributed by atoms with Gasteiger partial charge in [0.1, 0.15) is 6.04 Å². The lowest BCUT2D eigenvalue weighted by Crippen LogP contribution is -2.75. The molecule has 0 rings (SSSR count). The van der Waals surface area contributed by atoms with Gasteiger partial charge in [-0.3, -0.25) is 0 Å². The van der Waals surface area contributed by atoms with E-state index in [9.17, 15) is 19.8 Å². The number of likely N-dealkylation sites (N-methyl/N-ethyl adjacent to an activating group) is 1. The number of hydrogen-bond acceptors (Lipinski definition) is 7. The van der Waals surface area contributed by atoms with E-state index in [2.05, 4.69) is 0 Å². The molecule has 0 bridgehead atoms. The number of aliphatic carboxylic acids is 2. The minimum absolute atomic E-state index is 0.0610. The molecule has 0 radical (unpaired) electrons. The minimum Gasteiger partial charge on any atom is -0.550 e. The molecule has 8 nitrogen and oxygen atoms in total. The molecule has 0 aromatic rings. The van der Waals surface area contributed by atoms with E-state index in [4.69, 9.17) is 13.3 Å². The van der Waals surface area contributed by atoms with Crippen LogP contribution in [0, 0.1) is 0 Å². The number of carbonyl (C=O) groups is 2. The average molecular weight is 350 g/mol. The van der Waals surface area contributed by atoms with E-state index in [1.807, 2.05) is 6.92 Å². The summed E-state index contributed by atoms with van der Waals surface area (Å²) in [4.78, 5) is 22.8. The second-order valence-corrected chi connectivity index (χ2v) is 8.38. The molecule has 9 heteroatoms. The molecule has 2 atom stereocenters. The van der Waals surface area contributed by atoms with Crippen molar-refractivity contribution in [2.24, 2.45) is 0 Å². The zero-order valence-electron chi connectivity index (χ0n) is 14.8. The Labute approximate surface area is 138 Å². The fourth-order valence-corrected chi connectivity index (χ4v) is 6.53. The predicted octanol–water partition coefficient (Wildman–Crippen LogP) is -1.70. The smallest absolute Gasteiger partial charge is 0.550 e. The maximum atomic E-state index is 11.7. The highest BCUT2D eigenvalue weighted by Crippen LogP contribution is 2.31. The van der Waals surface area contributed by atoms with Crippen molar-refractivity contribution < 1.29 is 37.6 Å². The van der Waals surface area contributed by atoms with E-state index in [0.29, 0.717) is 19.5 Å². The van der Waals surface area contributed by atoms with Crippen molar-refractivity contribution in [1.82, 2.24) is 0 Å². The van der Waals surface area contributed by atoms with Crippen LogP contribution in [-0.4, -0.2) is 71.4 Å². The molecular weight excluding hydrogens is 322 g/mol. The van der Waals surface area contributed by atoms with Crippen LogP contribution in [-0.2, 0) is 22.9 Å². The molecule has 0 N–H and O–H groups in total. The highest BCUT2D eigenvalue weighted by atomic mass is 28.4. The number of hydrogen-bond donors (Lipinski definition) is 0. The van der Waals surface area contributed by atoms with Crippen LogP contribution in [0.1, 0.15) is 33.6 Å². The number of nitrogens with zero attached hydrogens (tertiary/aromatic N) is 1. The second-order valence-electron chi connectivity index (χ2n) is 5.29. The van der Waals surface area contributed by atoms with Crippen LogP contribution in [0.5, 0.6) is 0 Å². The number of quaternary nitrogens is 1. The lowest BCUT2D eigenvalue weighted by atomic mass is 10.1. The lowest BCUT2D eigenvalue weighted by Gasteiger charge is -2.52. The summed E-state index contributed by atoms with van der Waals surface area (Å²) in [5, 5.41) is 22.8. The number of carboxylic acid groups (broad SMARTS) is 2. The van der Waals surface area contributed by atoms with Crippen molar-refractivity contribution in [3.63, 3.8) is 0 Å². The summed E-state index contributed by atoms with van der Waals surface area (Å²) in [7, 11) is 1.14. The molecule has 0 aromatic carbocycles. The van der Waals surface area contributed by atoms with Gasteiger partial charge in [-0.25, -0.2) is 0 Å². The minimum atomic E-state index is -3.22. The fraction of sp³-hybridized carbons (Fsp3) is 0.857. The average Bonchev–Trinajstić information content (AvgIpc) is 2.54. The van der Waals surface area contributed by atoms with E-state index < -0.39 is 38.9 Å². The molecule has 2 unspecified atom stereocenters. The third-order valence-corrected chi connectivity index (χ3v) is 8.15. The lowest BCUT2D eigenvalue weighted by molar-refractivity contribution is -0.956. The summed E-state index contributed by atoms with van der Waals surface area (Å²) in [6.45, 7) is 6.21. The van der Waals surface area contributed by atoms with Crippen LogP contribution in [0.25, 0.3) is 0 Å². The Morgan fingerprint density at radius 1 is 1.00 bits per heavy atom. The zero-order chi connectivity index (χ0) is 18.3. The first-order chi connectivity index (χ1) is 10.7. The standard InChI is InChI=1S/C14H29NO7Si/c1-7-12(23(20-4,21-5)22-6)15(8-2,9-3)11(14(18)19)10-13(16)17/h11-12H,7-10H2,1-6H3,(H-,16,17,18,19)/p-1. The molecule has 0 saturated heterocycles. The Morgan fingerprint density at radius 2 is 1.43 bits per heavy atom. The molecule has 0 aliphatic rings. The topological polar surface area (TPSA) is 108 Å². The summed E-state index contributed by atoms with van der Waals surface area (Å²) >= 11 is 0. The molecule has 0 saturated carbocycles. The van der Waals surface area contributed by atoms with E-state index >= 15 is 0 Å². The van der Waals surface area contributed by atoms with Crippen molar-refractivity contribution in [3.05, 3.63) is 0 Å². The molecule has 0 amide bonds. The van der Waals surface area contributed by atoms with Crippen LogP contribution in [0.15, 0.2) is 0 Å². The maximum absolute atomic E-state index is 11.7. The van der Waals surface area contributed by atoms with Crippen molar-refractivity contribution in [2.75, 3.05) is 34.4 Å². The largest absolute Gasteiger partial charge is 0.561 e. The van der Waals surface area contributed by atoms with Gasteiger partial charge in [-0.05, 0) is 13.8 Å². The van der Waals surface area contributed by atoms with Gasteiger partial charge in [-0.1, -0.05) is 6.92 Å². The van der Waals surface area contributed by atoms with Gasteiger partial charge in [-0.15, -0.1) is 0 Å². The Kier molecular flexibility index (Phi) is 8.92. The Bertz CT molecular complexity index is 388. The van der Waals surface area contributed by atoms with Crippen LogP contribution >= 0.6 is 0 Å². The maximum Gasteiger partial charge on any atom is 0.561 e. The van der Waals surface area contributed by atoms with Gasteiger partial charge in [0, 0.05) is 40.1 Å². The first kappa shape index (κ1) is 22.0. The van der Waals surface area contributed by atoms with Crippen LogP contribution < -0.4 is 10.2 Å². The predicted molar refractivity (Wildman–Crippen MR) is 80.6 cm³/mol. The molecule has 23 heavy (non-hydrogen) atoms. The molecule has 0 heterocycles. The quantitative estimate of drug-likeness (QED) is 0.305. The SMILES string of the molecule is CCC([N+](CC)(CC)C(CC(=O)[O-])C(=O)[O-])[Si](OC)(OC)OC.